The number of carbonyl (C=O) groups is 2. The number of likely N-dealkylation sites (tertiary alicyclic amines) is 1. The Labute approximate surface area is 159 Å². The molecule has 2 saturated heterocycles. The van der Waals surface area contributed by atoms with Crippen LogP contribution in [0.15, 0.2) is 29.0 Å². The molecule has 0 N–H and O–H groups in total. The lowest BCUT2D eigenvalue weighted by atomic mass is 9.76. The minimum absolute atomic E-state index is 0.0573. The summed E-state index contributed by atoms with van der Waals surface area (Å²) in [6, 6.07) is 1.74. The van der Waals surface area contributed by atoms with Crippen LogP contribution in [0.5, 0.6) is 0 Å². The number of ether oxygens (including phenoxy) is 1. The molecule has 27 heavy (non-hydrogen) atoms. The molecule has 0 saturated carbocycles. The number of nitrogens with zero attached hydrogens (tertiary/aromatic N) is 3. The van der Waals surface area contributed by atoms with Gasteiger partial charge < -0.3 is 19.1 Å². The smallest absolute Gasteiger partial charge is 0.230 e. The van der Waals surface area contributed by atoms with E-state index in [2.05, 4.69) is 19.0 Å². The monoisotopic (exact) mass is 373 g/mol. The van der Waals surface area contributed by atoms with Gasteiger partial charge in [-0.15, -0.1) is 0 Å². The molecule has 4 heterocycles. The quantitative estimate of drug-likeness (QED) is 0.682. The SMILES string of the molecule is CCC(CC)CN1C[C@]23C=C[C@H](O2)C(C(=O)N(C)Cc2ccon2)C3C1=O. The first-order valence-corrected chi connectivity index (χ1v) is 9.79. The zero-order valence-electron chi connectivity index (χ0n) is 16.1. The Balaban J connectivity index is 1.53. The van der Waals surface area contributed by atoms with Crippen LogP contribution in [0.3, 0.4) is 0 Å². The van der Waals surface area contributed by atoms with Crippen LogP contribution in [0.2, 0.25) is 0 Å². The van der Waals surface area contributed by atoms with Crippen LogP contribution >= 0.6 is 0 Å². The lowest BCUT2D eigenvalue weighted by Crippen LogP contribution is -2.44. The van der Waals surface area contributed by atoms with Gasteiger partial charge in [0.05, 0.1) is 31.0 Å². The summed E-state index contributed by atoms with van der Waals surface area (Å²) in [6.45, 7) is 5.95. The first-order valence-electron chi connectivity index (χ1n) is 9.79. The molecule has 4 rings (SSSR count). The van der Waals surface area contributed by atoms with Crippen molar-refractivity contribution in [2.45, 2.75) is 44.9 Å². The van der Waals surface area contributed by atoms with Crippen LogP contribution in [0.25, 0.3) is 0 Å². The second-order valence-electron chi connectivity index (χ2n) is 7.99. The van der Waals surface area contributed by atoms with Crippen molar-refractivity contribution < 1.29 is 18.8 Å². The number of amides is 2. The highest BCUT2D eigenvalue weighted by Crippen LogP contribution is 2.52. The lowest BCUT2D eigenvalue weighted by Gasteiger charge is -2.27. The van der Waals surface area contributed by atoms with E-state index in [1.807, 2.05) is 17.1 Å². The van der Waals surface area contributed by atoms with Crippen molar-refractivity contribution in [1.29, 1.82) is 0 Å². The zero-order chi connectivity index (χ0) is 19.2. The van der Waals surface area contributed by atoms with E-state index < -0.39 is 17.4 Å². The second kappa shape index (κ2) is 6.78. The summed E-state index contributed by atoms with van der Waals surface area (Å²) in [7, 11) is 1.74. The van der Waals surface area contributed by atoms with Gasteiger partial charge in [-0.05, 0) is 5.92 Å². The Morgan fingerprint density at radius 3 is 2.89 bits per heavy atom. The molecule has 0 radical (unpaired) electrons. The van der Waals surface area contributed by atoms with Crippen LogP contribution in [-0.4, -0.2) is 58.6 Å². The minimum atomic E-state index is -0.636. The fourth-order valence-corrected chi connectivity index (χ4v) is 4.77. The maximum atomic E-state index is 13.2. The molecule has 7 heteroatoms. The first kappa shape index (κ1) is 18.2. The number of fused-ring (bicyclic) bond motifs is 1. The van der Waals surface area contributed by atoms with E-state index in [1.165, 1.54) is 6.26 Å². The predicted octanol–water partition coefficient (Wildman–Crippen LogP) is 1.85. The largest absolute Gasteiger partial charge is 0.364 e. The van der Waals surface area contributed by atoms with Crippen LogP contribution in [0.4, 0.5) is 0 Å². The summed E-state index contributed by atoms with van der Waals surface area (Å²) in [6.07, 6.45) is 7.22. The Morgan fingerprint density at radius 2 is 2.22 bits per heavy atom. The van der Waals surface area contributed by atoms with Crippen molar-refractivity contribution in [3.8, 4) is 0 Å². The Bertz CT molecular complexity index is 742. The fourth-order valence-electron chi connectivity index (χ4n) is 4.77. The van der Waals surface area contributed by atoms with Crippen molar-refractivity contribution in [2.24, 2.45) is 17.8 Å². The van der Waals surface area contributed by atoms with Crippen LogP contribution in [0, 0.1) is 17.8 Å². The van der Waals surface area contributed by atoms with Gasteiger partial charge in [-0.1, -0.05) is 44.0 Å². The molecule has 7 nitrogen and oxygen atoms in total. The molecule has 3 aliphatic heterocycles. The van der Waals surface area contributed by atoms with E-state index in [9.17, 15) is 9.59 Å². The van der Waals surface area contributed by atoms with Gasteiger partial charge in [-0.3, -0.25) is 9.59 Å². The fraction of sp³-hybridized carbons (Fsp3) is 0.650. The molecule has 0 aromatic carbocycles. The summed E-state index contributed by atoms with van der Waals surface area (Å²) in [5, 5.41) is 3.87. The van der Waals surface area contributed by atoms with Crippen LogP contribution < -0.4 is 0 Å². The highest BCUT2D eigenvalue weighted by molar-refractivity contribution is 5.93. The molecule has 3 aliphatic rings. The van der Waals surface area contributed by atoms with Gasteiger partial charge in [0, 0.05) is 19.7 Å². The van der Waals surface area contributed by atoms with E-state index in [1.54, 1.807) is 18.0 Å². The third kappa shape index (κ3) is 2.88. The molecule has 2 fully saturated rings. The molecular formula is C20H27N3O4. The van der Waals surface area contributed by atoms with E-state index in [0.29, 0.717) is 24.7 Å². The van der Waals surface area contributed by atoms with E-state index in [0.717, 1.165) is 19.4 Å². The van der Waals surface area contributed by atoms with Crippen LogP contribution in [-0.2, 0) is 20.9 Å². The average Bonchev–Trinajstić information content (AvgIpc) is 3.42. The van der Waals surface area contributed by atoms with E-state index >= 15 is 0 Å². The molecule has 1 aromatic rings. The number of carbonyl (C=O) groups excluding carboxylic acids is 2. The van der Waals surface area contributed by atoms with Gasteiger partial charge in [-0.2, -0.15) is 0 Å². The molecule has 1 aromatic heterocycles. The standard InChI is InChI=1S/C20H27N3O4/c1-4-13(5-2)10-23-12-20-8-6-15(27-20)16(17(20)19(23)25)18(24)22(3)11-14-7-9-26-21-14/h6-9,13,15-17H,4-5,10-12H2,1-3H3/t15-,16?,17?,20-/m0/s1. The van der Waals surface area contributed by atoms with Crippen LogP contribution in [0.1, 0.15) is 32.4 Å². The zero-order valence-corrected chi connectivity index (χ0v) is 16.1. The normalized spacial score (nSPS) is 31.2. The first-order chi connectivity index (χ1) is 13.0. The van der Waals surface area contributed by atoms with Crippen molar-refractivity contribution in [1.82, 2.24) is 15.0 Å². The molecular weight excluding hydrogens is 346 g/mol. The summed E-state index contributed by atoms with van der Waals surface area (Å²) in [5.41, 5.74) is 0.0522. The third-order valence-corrected chi connectivity index (χ3v) is 6.36. The molecule has 2 bridgehead atoms. The van der Waals surface area contributed by atoms with Crippen molar-refractivity contribution in [3.63, 3.8) is 0 Å². The molecule has 4 atom stereocenters. The number of hydrogen-bond acceptors (Lipinski definition) is 5. The van der Waals surface area contributed by atoms with Gasteiger partial charge in [0.15, 0.2) is 0 Å². The van der Waals surface area contributed by atoms with Crippen molar-refractivity contribution >= 4 is 11.8 Å². The van der Waals surface area contributed by atoms with Crippen molar-refractivity contribution in [2.75, 3.05) is 20.1 Å². The highest BCUT2D eigenvalue weighted by atomic mass is 16.5. The maximum Gasteiger partial charge on any atom is 0.230 e. The van der Waals surface area contributed by atoms with E-state index in [4.69, 9.17) is 9.26 Å². The number of hydrogen-bond donors (Lipinski definition) is 0. The highest BCUT2D eigenvalue weighted by Gasteiger charge is 2.67. The van der Waals surface area contributed by atoms with Gasteiger partial charge in [0.1, 0.15) is 17.6 Å². The van der Waals surface area contributed by atoms with Gasteiger partial charge in [0.25, 0.3) is 0 Å². The number of rotatable bonds is 7. The average molecular weight is 373 g/mol. The topological polar surface area (TPSA) is 75.9 Å². The maximum absolute atomic E-state index is 13.2. The summed E-state index contributed by atoms with van der Waals surface area (Å²) >= 11 is 0. The molecule has 0 aliphatic carbocycles. The minimum Gasteiger partial charge on any atom is -0.364 e. The number of aromatic nitrogens is 1. The van der Waals surface area contributed by atoms with Gasteiger partial charge in [0.2, 0.25) is 11.8 Å². The third-order valence-electron chi connectivity index (χ3n) is 6.36. The lowest BCUT2D eigenvalue weighted by molar-refractivity contribution is -0.143. The molecule has 2 amide bonds. The molecule has 146 valence electrons. The van der Waals surface area contributed by atoms with Gasteiger partial charge in [-0.25, -0.2) is 0 Å². The summed E-state index contributed by atoms with van der Waals surface area (Å²) in [4.78, 5) is 29.9. The van der Waals surface area contributed by atoms with E-state index in [-0.39, 0.29) is 17.9 Å². The Hall–Kier alpha value is -2.15. The van der Waals surface area contributed by atoms with Crippen molar-refractivity contribution in [3.05, 3.63) is 30.2 Å². The molecule has 1 spiro atoms. The predicted molar refractivity (Wildman–Crippen MR) is 97.4 cm³/mol. The Morgan fingerprint density at radius 1 is 1.44 bits per heavy atom. The van der Waals surface area contributed by atoms with Gasteiger partial charge >= 0.3 is 0 Å². The Kier molecular flexibility index (Phi) is 4.58. The summed E-state index contributed by atoms with van der Waals surface area (Å²) in [5.74, 6) is -0.423. The summed E-state index contributed by atoms with van der Waals surface area (Å²) < 4.78 is 11.0. The second-order valence-corrected chi connectivity index (χ2v) is 7.99. The molecule has 2 unspecified atom stereocenters.